The third-order valence-corrected chi connectivity index (χ3v) is 7.13. The van der Waals surface area contributed by atoms with Crippen LogP contribution in [0.2, 0.25) is 0 Å². The molecule has 2 saturated heterocycles. The van der Waals surface area contributed by atoms with E-state index in [4.69, 9.17) is 4.74 Å². The lowest BCUT2D eigenvalue weighted by atomic mass is 10.0. The van der Waals surface area contributed by atoms with E-state index in [9.17, 15) is 17.6 Å². The number of carbonyl (C=O) groups is 1. The Morgan fingerprint density at radius 1 is 1.03 bits per heavy atom. The summed E-state index contributed by atoms with van der Waals surface area (Å²) in [4.78, 5) is 12.3. The number of nitrogens with zero attached hydrogens (tertiary/aromatic N) is 1. The number of halogens is 1. The van der Waals surface area contributed by atoms with Crippen molar-refractivity contribution in [2.75, 3.05) is 4.72 Å². The molecule has 3 atom stereocenters. The number of anilines is 1. The number of esters is 1. The summed E-state index contributed by atoms with van der Waals surface area (Å²) in [6, 6.07) is 14.2. The molecule has 0 aliphatic carbocycles. The van der Waals surface area contributed by atoms with Crippen LogP contribution in [0.5, 0.6) is 0 Å². The fourth-order valence-corrected chi connectivity index (χ4v) is 5.99. The largest absolute Gasteiger partial charge is 0.462 e. The highest BCUT2D eigenvalue weighted by Crippen LogP contribution is 2.39. The highest BCUT2D eigenvalue weighted by Gasteiger charge is 2.47. The van der Waals surface area contributed by atoms with Crippen LogP contribution in [0.25, 0.3) is 0 Å². The van der Waals surface area contributed by atoms with Gasteiger partial charge in [0.15, 0.2) is 0 Å². The second kappa shape index (κ2) is 8.12. The Morgan fingerprint density at radius 2 is 1.66 bits per heavy atom. The molecule has 29 heavy (non-hydrogen) atoms. The maximum absolute atomic E-state index is 13.1. The third kappa shape index (κ3) is 4.59. The Hall–Kier alpha value is -2.45. The van der Waals surface area contributed by atoms with E-state index in [1.807, 2.05) is 30.3 Å². The zero-order valence-corrected chi connectivity index (χ0v) is 16.6. The summed E-state index contributed by atoms with van der Waals surface area (Å²) >= 11 is 0. The molecule has 0 radical (unpaired) electrons. The lowest BCUT2D eigenvalue weighted by Crippen LogP contribution is -2.50. The van der Waals surface area contributed by atoms with Crippen LogP contribution in [-0.2, 0) is 26.2 Å². The van der Waals surface area contributed by atoms with E-state index >= 15 is 0 Å². The molecule has 0 spiro atoms. The second-order valence-electron chi connectivity index (χ2n) is 7.57. The number of hydrogen-bond donors (Lipinski definition) is 1. The number of carbonyl (C=O) groups excluding carboxylic acids is 1. The first kappa shape index (κ1) is 19.8. The van der Waals surface area contributed by atoms with Crippen LogP contribution in [0.3, 0.4) is 0 Å². The van der Waals surface area contributed by atoms with Gasteiger partial charge >= 0.3 is 16.2 Å². The summed E-state index contributed by atoms with van der Waals surface area (Å²) in [6.45, 7) is 0. The molecule has 154 valence electrons. The van der Waals surface area contributed by atoms with Crippen LogP contribution >= 0.6 is 0 Å². The number of piperidine rings is 1. The summed E-state index contributed by atoms with van der Waals surface area (Å²) in [7, 11) is -3.77. The number of rotatable bonds is 6. The van der Waals surface area contributed by atoms with Crippen LogP contribution < -0.4 is 4.72 Å². The zero-order chi connectivity index (χ0) is 20.4. The standard InChI is InChI=1S/C21H23FN2O4S/c22-16-6-8-17(9-7-16)23-29(26,27)24-18-10-11-19(24)14-20(13-18)28-21(25)12-15-4-2-1-3-5-15/h1-9,18-20,23H,10-14H2/t18-,19+,20?. The first-order valence-corrected chi connectivity index (χ1v) is 11.1. The zero-order valence-electron chi connectivity index (χ0n) is 15.8. The van der Waals surface area contributed by atoms with E-state index in [-0.39, 0.29) is 30.6 Å². The maximum Gasteiger partial charge on any atom is 0.310 e. The SMILES string of the molecule is O=C(Cc1ccccc1)OC1C[C@H]2CC[C@@H](C1)N2S(=O)(=O)Nc1ccc(F)cc1. The van der Waals surface area contributed by atoms with Crippen molar-refractivity contribution >= 4 is 21.9 Å². The van der Waals surface area contributed by atoms with Crippen LogP contribution in [0, 0.1) is 5.82 Å². The van der Waals surface area contributed by atoms with Crippen molar-refractivity contribution in [3.63, 3.8) is 0 Å². The Bertz CT molecular complexity index is 952. The Labute approximate surface area is 169 Å². The monoisotopic (exact) mass is 418 g/mol. The van der Waals surface area contributed by atoms with E-state index in [1.54, 1.807) is 0 Å². The van der Waals surface area contributed by atoms with E-state index < -0.39 is 16.0 Å². The van der Waals surface area contributed by atoms with Gasteiger partial charge in [0.1, 0.15) is 11.9 Å². The van der Waals surface area contributed by atoms with Crippen LogP contribution in [-0.4, -0.2) is 36.9 Å². The first-order chi connectivity index (χ1) is 13.9. The topological polar surface area (TPSA) is 75.7 Å². The molecule has 2 bridgehead atoms. The van der Waals surface area contributed by atoms with Crippen molar-refractivity contribution in [2.24, 2.45) is 0 Å². The minimum absolute atomic E-state index is 0.207. The van der Waals surface area contributed by atoms with Crippen molar-refractivity contribution in [3.05, 3.63) is 66.0 Å². The van der Waals surface area contributed by atoms with Gasteiger partial charge in [-0.2, -0.15) is 12.7 Å². The van der Waals surface area contributed by atoms with Crippen LogP contribution in [0.4, 0.5) is 10.1 Å². The van der Waals surface area contributed by atoms with Gasteiger partial charge in [-0.05, 0) is 42.7 Å². The molecule has 2 aromatic rings. The maximum atomic E-state index is 13.1. The Balaban J connectivity index is 1.38. The molecule has 2 aliphatic heterocycles. The molecule has 2 fully saturated rings. The number of fused-ring (bicyclic) bond motifs is 2. The number of benzene rings is 2. The predicted molar refractivity (Wildman–Crippen MR) is 107 cm³/mol. The van der Waals surface area contributed by atoms with E-state index in [0.29, 0.717) is 18.5 Å². The fraction of sp³-hybridized carbons (Fsp3) is 0.381. The summed E-state index contributed by atoms with van der Waals surface area (Å²) in [5, 5.41) is 0. The average Bonchev–Trinajstić information content (AvgIpc) is 2.97. The van der Waals surface area contributed by atoms with Crippen molar-refractivity contribution in [2.45, 2.75) is 50.3 Å². The molecule has 2 aromatic carbocycles. The molecule has 2 aliphatic rings. The molecular formula is C21H23FN2O4S. The Morgan fingerprint density at radius 3 is 2.28 bits per heavy atom. The summed E-state index contributed by atoms with van der Waals surface area (Å²) in [5.74, 6) is -0.715. The van der Waals surface area contributed by atoms with E-state index in [0.717, 1.165) is 18.4 Å². The van der Waals surface area contributed by atoms with Gasteiger partial charge in [0.25, 0.3) is 0 Å². The van der Waals surface area contributed by atoms with Crippen LogP contribution in [0.1, 0.15) is 31.2 Å². The molecule has 1 unspecified atom stereocenters. The van der Waals surface area contributed by atoms with Crippen LogP contribution in [0.15, 0.2) is 54.6 Å². The summed E-state index contributed by atoms with van der Waals surface area (Å²) < 4.78 is 48.5. The molecule has 0 saturated carbocycles. The van der Waals surface area contributed by atoms with Gasteiger partial charge in [0.2, 0.25) is 0 Å². The van der Waals surface area contributed by atoms with Crippen molar-refractivity contribution in [3.8, 4) is 0 Å². The van der Waals surface area contributed by atoms with Gasteiger partial charge in [-0.1, -0.05) is 30.3 Å². The van der Waals surface area contributed by atoms with Gasteiger partial charge in [-0.3, -0.25) is 9.52 Å². The number of nitrogens with one attached hydrogen (secondary N) is 1. The predicted octanol–water partition coefficient (Wildman–Crippen LogP) is 3.26. The quantitative estimate of drug-likeness (QED) is 0.731. The molecule has 0 aromatic heterocycles. The van der Waals surface area contributed by atoms with Gasteiger partial charge < -0.3 is 4.74 Å². The second-order valence-corrected chi connectivity index (χ2v) is 9.15. The molecule has 1 N–H and O–H groups in total. The number of hydrogen-bond acceptors (Lipinski definition) is 4. The van der Waals surface area contributed by atoms with Gasteiger partial charge in [-0.15, -0.1) is 0 Å². The fourth-order valence-electron chi connectivity index (χ4n) is 4.28. The highest BCUT2D eigenvalue weighted by molar-refractivity contribution is 7.90. The molecule has 0 amide bonds. The molecule has 2 heterocycles. The minimum Gasteiger partial charge on any atom is -0.462 e. The van der Waals surface area contributed by atoms with Gasteiger partial charge in [-0.25, -0.2) is 4.39 Å². The third-order valence-electron chi connectivity index (χ3n) is 5.48. The minimum atomic E-state index is -3.77. The average molecular weight is 418 g/mol. The first-order valence-electron chi connectivity index (χ1n) is 9.71. The molecular weight excluding hydrogens is 395 g/mol. The van der Waals surface area contributed by atoms with E-state index in [1.165, 1.54) is 28.6 Å². The molecule has 8 heteroatoms. The Kier molecular flexibility index (Phi) is 5.56. The van der Waals surface area contributed by atoms with Gasteiger partial charge in [0.05, 0.1) is 6.42 Å². The summed E-state index contributed by atoms with van der Waals surface area (Å²) in [6.07, 6.45) is 2.38. The van der Waals surface area contributed by atoms with Gasteiger partial charge in [0, 0.05) is 30.6 Å². The van der Waals surface area contributed by atoms with Crippen molar-refractivity contribution in [1.29, 1.82) is 0 Å². The molecule has 6 nitrogen and oxygen atoms in total. The van der Waals surface area contributed by atoms with E-state index in [2.05, 4.69) is 4.72 Å². The summed E-state index contributed by atoms with van der Waals surface area (Å²) in [5.41, 5.74) is 1.21. The van der Waals surface area contributed by atoms with Crippen molar-refractivity contribution < 1.29 is 22.3 Å². The lowest BCUT2D eigenvalue weighted by molar-refractivity contribution is -0.150. The normalized spacial score (nSPS) is 24.2. The van der Waals surface area contributed by atoms with Crippen molar-refractivity contribution in [1.82, 2.24) is 4.31 Å². The number of ether oxygens (including phenoxy) is 1. The smallest absolute Gasteiger partial charge is 0.310 e. The highest BCUT2D eigenvalue weighted by atomic mass is 32.2. The lowest BCUT2D eigenvalue weighted by Gasteiger charge is -2.37. The molecule has 4 rings (SSSR count).